The third-order valence-electron chi connectivity index (χ3n) is 6.98. The lowest BCUT2D eigenvalue weighted by atomic mass is 9.67. The van der Waals surface area contributed by atoms with Crippen LogP contribution >= 0.6 is 0 Å². The van der Waals surface area contributed by atoms with Crippen molar-refractivity contribution >= 4 is 0 Å². The number of unbranched alkanes of at least 4 members (excludes halogenated alkanes) is 1. The summed E-state index contributed by atoms with van der Waals surface area (Å²) < 4.78 is 119. The summed E-state index contributed by atoms with van der Waals surface area (Å²) in [6.45, 7) is 2.12. The van der Waals surface area contributed by atoms with E-state index in [-0.39, 0.29) is 18.8 Å². The monoisotopic (exact) mass is 440 g/mol. The number of hydrogen-bond acceptors (Lipinski definition) is 0. The Hall–Kier alpha value is -0.630. The van der Waals surface area contributed by atoms with Crippen molar-refractivity contribution in [3.05, 3.63) is 0 Å². The molecule has 0 atom stereocenters. The van der Waals surface area contributed by atoms with Gasteiger partial charge in [-0.1, -0.05) is 39.0 Å². The van der Waals surface area contributed by atoms with Gasteiger partial charge in [0.05, 0.1) is 0 Å². The van der Waals surface area contributed by atoms with Crippen LogP contribution in [-0.2, 0) is 0 Å². The first kappa shape index (κ1) is 24.6. The van der Waals surface area contributed by atoms with E-state index in [0.717, 1.165) is 44.9 Å². The van der Waals surface area contributed by atoms with Crippen molar-refractivity contribution in [2.24, 2.45) is 23.7 Å². The molecule has 0 aromatic carbocycles. The maximum atomic E-state index is 14.1. The second-order valence-electron chi connectivity index (χ2n) is 8.80. The molecule has 0 aromatic rings. The minimum atomic E-state index is -6.78. The van der Waals surface area contributed by atoms with Crippen LogP contribution < -0.4 is 0 Å². The van der Waals surface area contributed by atoms with Gasteiger partial charge in [-0.3, -0.25) is 0 Å². The van der Waals surface area contributed by atoms with Gasteiger partial charge in [-0.05, 0) is 56.3 Å². The molecule has 0 unspecified atom stereocenters. The van der Waals surface area contributed by atoms with Crippen molar-refractivity contribution in [1.29, 1.82) is 0 Å². The smallest absolute Gasteiger partial charge is 0.199 e. The zero-order valence-corrected chi connectivity index (χ0v) is 16.5. The van der Waals surface area contributed by atoms with Gasteiger partial charge in [0, 0.05) is 5.92 Å². The molecule has 0 spiro atoms. The predicted octanol–water partition coefficient (Wildman–Crippen LogP) is 8.26. The van der Waals surface area contributed by atoms with Crippen LogP contribution in [-0.4, -0.2) is 23.9 Å². The fraction of sp³-hybridized carbons (Fsp3) is 1.00. The normalized spacial score (nSPS) is 30.4. The van der Waals surface area contributed by atoms with Gasteiger partial charge in [0.25, 0.3) is 0 Å². The molecule has 0 amide bonds. The van der Waals surface area contributed by atoms with E-state index in [4.69, 9.17) is 0 Å². The van der Waals surface area contributed by atoms with Crippen molar-refractivity contribution in [3.8, 4) is 0 Å². The average Bonchev–Trinajstić information content (AvgIpc) is 2.65. The van der Waals surface area contributed by atoms with Gasteiger partial charge in [-0.15, -0.1) is 0 Å². The average molecular weight is 440 g/mol. The van der Waals surface area contributed by atoms with Crippen LogP contribution in [0.2, 0.25) is 0 Å². The number of halogens is 9. The second kappa shape index (κ2) is 8.85. The maximum Gasteiger partial charge on any atom is 0.460 e. The van der Waals surface area contributed by atoms with E-state index in [2.05, 4.69) is 6.92 Å². The van der Waals surface area contributed by atoms with Crippen LogP contribution in [0.15, 0.2) is 0 Å². The summed E-state index contributed by atoms with van der Waals surface area (Å²) in [6, 6.07) is 0. The summed E-state index contributed by atoms with van der Waals surface area (Å²) in [5, 5.41) is 0. The van der Waals surface area contributed by atoms with E-state index in [1.54, 1.807) is 0 Å². The van der Waals surface area contributed by atoms with E-state index >= 15 is 0 Å². The Morgan fingerprint density at radius 2 is 1.07 bits per heavy atom. The van der Waals surface area contributed by atoms with E-state index in [9.17, 15) is 39.5 Å². The summed E-state index contributed by atoms with van der Waals surface area (Å²) in [6.07, 6.45) is 0.0448. The summed E-state index contributed by atoms with van der Waals surface area (Å²) in [5.74, 6) is -19.9. The summed E-state index contributed by atoms with van der Waals surface area (Å²) in [7, 11) is 0. The first-order valence-electron chi connectivity index (χ1n) is 10.5. The van der Waals surface area contributed by atoms with Gasteiger partial charge < -0.3 is 0 Å². The molecule has 2 aliphatic carbocycles. The molecule has 2 saturated carbocycles. The molecule has 2 fully saturated rings. The number of alkyl halides is 9. The van der Waals surface area contributed by atoms with Crippen LogP contribution in [0.5, 0.6) is 0 Å². The van der Waals surface area contributed by atoms with Crippen LogP contribution in [0, 0.1) is 23.7 Å². The molecule has 0 saturated heterocycles. The molecule has 0 aliphatic heterocycles. The van der Waals surface area contributed by atoms with Gasteiger partial charge in [0.15, 0.2) is 0 Å². The minimum Gasteiger partial charge on any atom is -0.199 e. The zero-order chi connectivity index (χ0) is 22.1. The topological polar surface area (TPSA) is 0 Å². The summed E-state index contributed by atoms with van der Waals surface area (Å²) in [4.78, 5) is 0. The molecule has 9 heteroatoms. The highest BCUT2D eigenvalue weighted by Gasteiger charge is 2.82. The summed E-state index contributed by atoms with van der Waals surface area (Å²) >= 11 is 0. The third kappa shape index (κ3) is 4.83. The molecule has 2 rings (SSSR count). The number of hydrogen-bond donors (Lipinski definition) is 0. The SMILES string of the molecule is CCCC[C@H]1CC[C@H]([C@H]2CC[C@H](C(F)(F)C(F)(F)C(F)(F)C(F)(F)F)CC2)CC1. The highest BCUT2D eigenvalue weighted by molar-refractivity contribution is 5.03. The van der Waals surface area contributed by atoms with E-state index in [1.807, 2.05) is 0 Å². The molecule has 0 aromatic heterocycles. The largest absolute Gasteiger partial charge is 0.460 e. The van der Waals surface area contributed by atoms with Gasteiger partial charge in [-0.2, -0.15) is 39.5 Å². The third-order valence-corrected chi connectivity index (χ3v) is 6.98. The van der Waals surface area contributed by atoms with Crippen LogP contribution in [0.1, 0.15) is 77.6 Å². The molecule has 0 bridgehead atoms. The zero-order valence-electron chi connectivity index (χ0n) is 16.5. The first-order valence-corrected chi connectivity index (χ1v) is 10.5. The Kier molecular flexibility index (Phi) is 7.52. The van der Waals surface area contributed by atoms with Crippen molar-refractivity contribution in [2.75, 3.05) is 0 Å². The van der Waals surface area contributed by atoms with E-state index in [1.165, 1.54) is 0 Å². The predicted molar refractivity (Wildman–Crippen MR) is 91.3 cm³/mol. The highest BCUT2D eigenvalue weighted by Crippen LogP contribution is 2.57. The fourth-order valence-electron chi connectivity index (χ4n) is 5.04. The molecule has 0 nitrogen and oxygen atoms in total. The molecular formula is C20H29F9. The maximum absolute atomic E-state index is 14.1. The summed E-state index contributed by atoms with van der Waals surface area (Å²) in [5.41, 5.74) is 0. The van der Waals surface area contributed by atoms with E-state index in [0.29, 0.717) is 11.8 Å². The van der Waals surface area contributed by atoms with Crippen molar-refractivity contribution in [1.82, 2.24) is 0 Å². The Morgan fingerprint density at radius 3 is 1.48 bits per heavy atom. The Labute approximate surface area is 165 Å². The van der Waals surface area contributed by atoms with Gasteiger partial charge >= 0.3 is 23.9 Å². The molecule has 172 valence electrons. The lowest BCUT2D eigenvalue weighted by molar-refractivity contribution is -0.404. The quantitative estimate of drug-likeness (QED) is 0.350. The van der Waals surface area contributed by atoms with Crippen LogP contribution in [0.4, 0.5) is 39.5 Å². The minimum absolute atomic E-state index is 0.0472. The molecule has 2 aliphatic rings. The highest BCUT2D eigenvalue weighted by atomic mass is 19.4. The Balaban J connectivity index is 1.94. The van der Waals surface area contributed by atoms with Gasteiger partial charge in [0.2, 0.25) is 0 Å². The van der Waals surface area contributed by atoms with Crippen LogP contribution in [0.25, 0.3) is 0 Å². The lowest BCUT2D eigenvalue weighted by Crippen LogP contribution is -2.63. The van der Waals surface area contributed by atoms with Crippen molar-refractivity contribution in [3.63, 3.8) is 0 Å². The molecule has 0 radical (unpaired) electrons. The molecular weight excluding hydrogens is 411 g/mol. The van der Waals surface area contributed by atoms with Crippen molar-refractivity contribution in [2.45, 2.75) is 101 Å². The van der Waals surface area contributed by atoms with Crippen LogP contribution in [0.3, 0.4) is 0 Å². The van der Waals surface area contributed by atoms with Crippen molar-refractivity contribution < 1.29 is 39.5 Å². The standard InChI is InChI=1S/C20H29F9/c1-2-3-4-13-5-7-14(8-6-13)15-9-11-16(12-10-15)17(21,22)18(23,24)19(25,26)20(27,28)29/h13-16H,2-12H2,1H3/t13-,14-,15-,16-. The number of rotatable bonds is 7. The second-order valence-corrected chi connectivity index (χ2v) is 8.80. The fourth-order valence-corrected chi connectivity index (χ4v) is 5.04. The Morgan fingerprint density at radius 1 is 0.621 bits per heavy atom. The lowest BCUT2D eigenvalue weighted by Gasteiger charge is -2.42. The Bertz CT molecular complexity index is 511. The molecule has 29 heavy (non-hydrogen) atoms. The molecule has 0 N–H and O–H groups in total. The molecule has 0 heterocycles. The van der Waals surface area contributed by atoms with Gasteiger partial charge in [0.1, 0.15) is 0 Å². The van der Waals surface area contributed by atoms with Gasteiger partial charge in [-0.25, -0.2) is 0 Å². The first-order chi connectivity index (χ1) is 13.3. The van der Waals surface area contributed by atoms with E-state index < -0.39 is 42.7 Å².